The first-order valence-corrected chi connectivity index (χ1v) is 8.10. The van der Waals surface area contributed by atoms with E-state index in [2.05, 4.69) is 13.8 Å². The molecule has 0 aromatic heterocycles. The Bertz CT molecular complexity index is 216. The van der Waals surface area contributed by atoms with E-state index in [1.807, 2.05) is 6.55 Å². The molecule has 0 radical (unpaired) electrons. The molecule has 88 valence electrons. The predicted octanol–water partition coefficient (Wildman–Crippen LogP) is 3.01. The van der Waals surface area contributed by atoms with Crippen molar-refractivity contribution in [2.24, 2.45) is 0 Å². The summed E-state index contributed by atoms with van der Waals surface area (Å²) in [5, 5.41) is 0. The minimum absolute atomic E-state index is 0.281. The maximum Gasteiger partial charge on any atom is 0.398 e. The molecule has 15 heavy (non-hydrogen) atoms. The van der Waals surface area contributed by atoms with E-state index in [1.165, 1.54) is 6.08 Å². The third-order valence-corrected chi connectivity index (χ3v) is 4.79. The highest BCUT2D eigenvalue weighted by molar-refractivity contribution is 6.67. The molecule has 0 saturated heterocycles. The summed E-state index contributed by atoms with van der Waals surface area (Å²) in [6.45, 7) is 8.55. The van der Waals surface area contributed by atoms with E-state index in [-0.39, 0.29) is 5.97 Å². The summed E-state index contributed by atoms with van der Waals surface area (Å²) in [5.41, 5.74) is 0. The molecule has 0 aromatic rings. The third-order valence-electron chi connectivity index (χ3n) is 1.93. The van der Waals surface area contributed by atoms with E-state index < -0.39 is 8.56 Å². The van der Waals surface area contributed by atoms with Crippen LogP contribution in [-0.2, 0) is 13.6 Å². The fourth-order valence-corrected chi connectivity index (χ4v) is 3.65. The van der Waals surface area contributed by atoms with Gasteiger partial charge in [0, 0.05) is 18.7 Å². The molecule has 1 atom stereocenters. The van der Waals surface area contributed by atoms with Gasteiger partial charge in [0.2, 0.25) is 0 Å². The standard InChI is InChI=1S/C11H22O3Si/c1-5-8-11(12)14-15(4,10-7-3)13-9-6-2/h5,8H,6-7,9-10H2,1-4H3. The summed E-state index contributed by atoms with van der Waals surface area (Å²) in [6, 6.07) is 0.857. The average molecular weight is 230 g/mol. The van der Waals surface area contributed by atoms with Crippen LogP contribution in [0.25, 0.3) is 0 Å². The van der Waals surface area contributed by atoms with E-state index in [1.54, 1.807) is 13.0 Å². The van der Waals surface area contributed by atoms with Crippen molar-refractivity contribution in [2.75, 3.05) is 6.61 Å². The van der Waals surface area contributed by atoms with Crippen molar-refractivity contribution in [3.05, 3.63) is 12.2 Å². The number of carbonyl (C=O) groups excluding carboxylic acids is 1. The molecule has 3 nitrogen and oxygen atoms in total. The monoisotopic (exact) mass is 230 g/mol. The van der Waals surface area contributed by atoms with E-state index in [4.69, 9.17) is 8.85 Å². The van der Waals surface area contributed by atoms with E-state index >= 15 is 0 Å². The Hall–Kier alpha value is -0.613. The van der Waals surface area contributed by atoms with Gasteiger partial charge in [0.15, 0.2) is 0 Å². The molecule has 1 unspecified atom stereocenters. The van der Waals surface area contributed by atoms with Crippen molar-refractivity contribution in [3.63, 3.8) is 0 Å². The lowest BCUT2D eigenvalue weighted by Crippen LogP contribution is -2.40. The molecule has 0 rings (SSSR count). The maximum absolute atomic E-state index is 11.3. The zero-order valence-corrected chi connectivity index (χ0v) is 11.2. The van der Waals surface area contributed by atoms with Crippen molar-refractivity contribution in [3.8, 4) is 0 Å². The lowest BCUT2D eigenvalue weighted by molar-refractivity contribution is -0.131. The van der Waals surface area contributed by atoms with Gasteiger partial charge < -0.3 is 8.85 Å². The van der Waals surface area contributed by atoms with Gasteiger partial charge in [-0.25, -0.2) is 4.79 Å². The number of hydrogen-bond donors (Lipinski definition) is 0. The second-order valence-electron chi connectivity index (χ2n) is 3.65. The molecule has 0 bridgehead atoms. The summed E-state index contributed by atoms with van der Waals surface area (Å²) in [6.07, 6.45) is 5.06. The normalized spacial score (nSPS) is 15.2. The van der Waals surface area contributed by atoms with Crippen molar-refractivity contribution in [1.29, 1.82) is 0 Å². The molecule has 0 saturated carbocycles. The molecule has 0 aromatic carbocycles. The van der Waals surface area contributed by atoms with Gasteiger partial charge in [-0.1, -0.05) is 26.3 Å². The Balaban J connectivity index is 4.28. The van der Waals surface area contributed by atoms with Crippen molar-refractivity contribution in [2.45, 2.75) is 46.2 Å². The highest BCUT2D eigenvalue weighted by Crippen LogP contribution is 2.16. The molecule has 0 aliphatic heterocycles. The quantitative estimate of drug-likeness (QED) is 0.498. The highest BCUT2D eigenvalue weighted by Gasteiger charge is 2.33. The first-order valence-electron chi connectivity index (χ1n) is 5.57. The zero-order chi connectivity index (χ0) is 11.7. The highest BCUT2D eigenvalue weighted by atomic mass is 28.4. The fraction of sp³-hybridized carbons (Fsp3) is 0.727. The maximum atomic E-state index is 11.3. The molecule has 0 aliphatic rings. The average Bonchev–Trinajstić information content (AvgIpc) is 2.15. The summed E-state index contributed by atoms with van der Waals surface area (Å²) in [7, 11) is -2.27. The molecule has 0 N–H and O–H groups in total. The Kier molecular flexibility index (Phi) is 7.34. The van der Waals surface area contributed by atoms with Crippen LogP contribution in [0.15, 0.2) is 12.2 Å². The minimum atomic E-state index is -2.27. The number of rotatable bonds is 7. The lowest BCUT2D eigenvalue weighted by Gasteiger charge is -2.25. The number of hydrogen-bond acceptors (Lipinski definition) is 3. The number of allylic oxidation sites excluding steroid dienone is 1. The second-order valence-corrected chi connectivity index (χ2v) is 6.91. The zero-order valence-electron chi connectivity index (χ0n) is 10.2. The largest absolute Gasteiger partial charge is 0.491 e. The first-order chi connectivity index (χ1) is 7.08. The van der Waals surface area contributed by atoms with Gasteiger partial charge in [-0.15, -0.1) is 0 Å². The predicted molar refractivity (Wildman–Crippen MR) is 63.9 cm³/mol. The smallest absolute Gasteiger partial charge is 0.398 e. The van der Waals surface area contributed by atoms with Gasteiger partial charge >= 0.3 is 14.5 Å². The van der Waals surface area contributed by atoms with Gasteiger partial charge in [0.1, 0.15) is 0 Å². The van der Waals surface area contributed by atoms with Crippen LogP contribution in [-0.4, -0.2) is 21.1 Å². The van der Waals surface area contributed by atoms with Crippen LogP contribution in [0.5, 0.6) is 0 Å². The summed E-state index contributed by atoms with van der Waals surface area (Å²) in [5.74, 6) is -0.281. The van der Waals surface area contributed by atoms with Crippen LogP contribution in [0.4, 0.5) is 0 Å². The van der Waals surface area contributed by atoms with E-state index in [0.717, 1.165) is 18.9 Å². The van der Waals surface area contributed by atoms with Crippen LogP contribution in [0.2, 0.25) is 12.6 Å². The Labute approximate surface area is 93.7 Å². The Morgan fingerprint density at radius 2 is 2.00 bits per heavy atom. The van der Waals surface area contributed by atoms with Crippen LogP contribution < -0.4 is 0 Å². The molecular formula is C11H22O3Si. The SMILES string of the molecule is CC=CC(=O)O[Si](C)(CCC)OCCC. The molecule has 0 fully saturated rings. The van der Waals surface area contributed by atoms with Crippen LogP contribution in [0.3, 0.4) is 0 Å². The third kappa shape index (κ3) is 6.46. The van der Waals surface area contributed by atoms with Crippen molar-refractivity contribution < 1.29 is 13.6 Å². The van der Waals surface area contributed by atoms with E-state index in [0.29, 0.717) is 6.61 Å². The van der Waals surface area contributed by atoms with Crippen LogP contribution >= 0.6 is 0 Å². The number of carbonyl (C=O) groups is 1. The summed E-state index contributed by atoms with van der Waals surface area (Å²) < 4.78 is 11.1. The van der Waals surface area contributed by atoms with E-state index in [9.17, 15) is 4.79 Å². The molecule has 0 spiro atoms. The van der Waals surface area contributed by atoms with Crippen LogP contribution in [0, 0.1) is 0 Å². The first kappa shape index (κ1) is 14.4. The topological polar surface area (TPSA) is 35.5 Å². The summed E-state index contributed by atoms with van der Waals surface area (Å²) in [4.78, 5) is 11.3. The van der Waals surface area contributed by atoms with Crippen molar-refractivity contribution >= 4 is 14.5 Å². The lowest BCUT2D eigenvalue weighted by atomic mass is 10.5. The fourth-order valence-electron chi connectivity index (χ4n) is 1.31. The molecule has 0 amide bonds. The molecule has 0 aliphatic carbocycles. The van der Waals surface area contributed by atoms with Gasteiger partial charge in [-0.3, -0.25) is 0 Å². The van der Waals surface area contributed by atoms with Gasteiger partial charge in [0.25, 0.3) is 0 Å². The second kappa shape index (κ2) is 7.65. The molecule has 0 heterocycles. The van der Waals surface area contributed by atoms with Crippen molar-refractivity contribution in [1.82, 2.24) is 0 Å². The van der Waals surface area contributed by atoms with Crippen LogP contribution in [0.1, 0.15) is 33.6 Å². The van der Waals surface area contributed by atoms with Gasteiger partial charge in [-0.2, -0.15) is 0 Å². The Morgan fingerprint density at radius 1 is 1.33 bits per heavy atom. The van der Waals surface area contributed by atoms with Gasteiger partial charge in [0.05, 0.1) is 0 Å². The summed E-state index contributed by atoms with van der Waals surface area (Å²) >= 11 is 0. The molecular weight excluding hydrogens is 208 g/mol. The minimum Gasteiger partial charge on any atom is -0.491 e. The molecule has 4 heteroatoms. The van der Waals surface area contributed by atoms with Gasteiger partial charge in [-0.05, 0) is 19.9 Å². The Morgan fingerprint density at radius 3 is 2.47 bits per heavy atom.